The van der Waals surface area contributed by atoms with E-state index in [1.165, 1.54) is 12.1 Å². The van der Waals surface area contributed by atoms with Crippen LogP contribution < -0.4 is 10.7 Å². The average molecular weight is 405 g/mol. The Labute approximate surface area is 165 Å². The van der Waals surface area contributed by atoms with Crippen LogP contribution in [0, 0.1) is 0 Å². The van der Waals surface area contributed by atoms with Crippen molar-refractivity contribution in [2.24, 2.45) is 0 Å². The molecule has 0 atom stereocenters. The van der Waals surface area contributed by atoms with E-state index in [0.29, 0.717) is 29.9 Å². The van der Waals surface area contributed by atoms with E-state index in [-0.39, 0.29) is 0 Å². The van der Waals surface area contributed by atoms with E-state index < -0.39 is 17.5 Å². The number of H-pyrrole nitrogens is 1. The lowest BCUT2D eigenvalue weighted by atomic mass is 10.1. The number of hydrogen-bond acceptors (Lipinski definition) is 4. The van der Waals surface area contributed by atoms with Gasteiger partial charge in [0.25, 0.3) is 0 Å². The van der Waals surface area contributed by atoms with Crippen LogP contribution in [0.25, 0.3) is 11.1 Å². The summed E-state index contributed by atoms with van der Waals surface area (Å²) in [5, 5.41) is 0. The number of piperazine rings is 1. The van der Waals surface area contributed by atoms with Crippen molar-refractivity contribution >= 4 is 16.8 Å². The minimum Gasteiger partial charge on any atom is -0.408 e. The van der Waals surface area contributed by atoms with Gasteiger partial charge in [0.2, 0.25) is 0 Å². The fourth-order valence-corrected chi connectivity index (χ4v) is 3.76. The first-order valence-corrected chi connectivity index (χ1v) is 9.65. The van der Waals surface area contributed by atoms with E-state index >= 15 is 0 Å². The number of aryl methyl sites for hydroxylation is 1. The minimum absolute atomic E-state index is 0.448. The molecule has 2 heterocycles. The number of aromatic amines is 1. The Balaban J connectivity index is 1.27. The molecule has 1 N–H and O–H groups in total. The molecule has 4 rings (SSSR count). The van der Waals surface area contributed by atoms with Crippen molar-refractivity contribution in [2.75, 3.05) is 37.6 Å². The van der Waals surface area contributed by atoms with Gasteiger partial charge in [0, 0.05) is 31.9 Å². The van der Waals surface area contributed by atoms with Crippen molar-refractivity contribution in [1.82, 2.24) is 9.88 Å². The molecule has 2 aromatic carbocycles. The Bertz CT molecular complexity index is 1030. The van der Waals surface area contributed by atoms with Gasteiger partial charge in [0.15, 0.2) is 5.58 Å². The number of nitrogens with one attached hydrogen (secondary N) is 1. The van der Waals surface area contributed by atoms with E-state index in [1.54, 1.807) is 6.07 Å². The monoisotopic (exact) mass is 405 g/mol. The summed E-state index contributed by atoms with van der Waals surface area (Å²) in [5.41, 5.74) is 2.41. The van der Waals surface area contributed by atoms with Gasteiger partial charge in [-0.25, -0.2) is 4.79 Å². The molecule has 1 saturated heterocycles. The molecule has 5 nitrogen and oxygen atoms in total. The molecule has 154 valence electrons. The molecule has 1 aromatic heterocycles. The molecule has 3 aromatic rings. The lowest BCUT2D eigenvalue weighted by Crippen LogP contribution is -2.46. The van der Waals surface area contributed by atoms with Crippen LogP contribution >= 0.6 is 0 Å². The van der Waals surface area contributed by atoms with Crippen LogP contribution in [0.4, 0.5) is 18.9 Å². The number of rotatable bonds is 5. The van der Waals surface area contributed by atoms with Crippen LogP contribution in [0.1, 0.15) is 17.5 Å². The summed E-state index contributed by atoms with van der Waals surface area (Å²) in [4.78, 5) is 18.2. The van der Waals surface area contributed by atoms with Crippen LogP contribution in [0.5, 0.6) is 0 Å². The molecule has 8 heteroatoms. The third-order valence-electron chi connectivity index (χ3n) is 5.34. The van der Waals surface area contributed by atoms with E-state index in [4.69, 9.17) is 4.42 Å². The topological polar surface area (TPSA) is 52.5 Å². The molecule has 0 amide bonds. The highest BCUT2D eigenvalue weighted by atomic mass is 19.4. The maximum Gasteiger partial charge on any atom is 0.417 e. The Kier molecular flexibility index (Phi) is 5.36. The summed E-state index contributed by atoms with van der Waals surface area (Å²) in [5.74, 6) is -0.448. The zero-order valence-electron chi connectivity index (χ0n) is 15.8. The number of benzene rings is 2. The molecule has 1 fully saturated rings. The molecule has 0 radical (unpaired) electrons. The number of aromatic nitrogens is 1. The molecule has 0 aliphatic carbocycles. The van der Waals surface area contributed by atoms with Gasteiger partial charge in [-0.2, -0.15) is 13.2 Å². The summed E-state index contributed by atoms with van der Waals surface area (Å²) in [6.45, 7) is 3.99. The summed E-state index contributed by atoms with van der Waals surface area (Å²) < 4.78 is 43.8. The van der Waals surface area contributed by atoms with Crippen molar-refractivity contribution in [3.05, 3.63) is 64.1 Å². The third kappa shape index (κ3) is 4.64. The third-order valence-corrected chi connectivity index (χ3v) is 5.34. The molecule has 0 saturated carbocycles. The fourth-order valence-electron chi connectivity index (χ4n) is 3.76. The number of nitrogens with zero attached hydrogens (tertiary/aromatic N) is 2. The highest BCUT2D eigenvalue weighted by Gasteiger charge is 2.31. The predicted octanol–water partition coefficient (Wildman–Crippen LogP) is 3.89. The average Bonchev–Trinajstić information content (AvgIpc) is 3.07. The van der Waals surface area contributed by atoms with E-state index in [2.05, 4.69) is 9.88 Å². The number of fused-ring (bicyclic) bond motifs is 1. The SMILES string of the molecule is O=c1[nH]c2ccc(CCCN3CCN(c4cccc(C(F)(F)F)c4)CC3)cc2o1. The molecule has 0 bridgehead atoms. The first-order chi connectivity index (χ1) is 13.9. The van der Waals surface area contributed by atoms with Crippen molar-refractivity contribution in [3.8, 4) is 0 Å². The smallest absolute Gasteiger partial charge is 0.408 e. The van der Waals surface area contributed by atoms with Gasteiger partial charge in [-0.1, -0.05) is 12.1 Å². The second kappa shape index (κ2) is 7.94. The maximum atomic E-state index is 12.9. The van der Waals surface area contributed by atoms with Gasteiger partial charge in [0.05, 0.1) is 11.1 Å². The first kappa shape index (κ1) is 19.6. The summed E-state index contributed by atoms with van der Waals surface area (Å²) >= 11 is 0. The Morgan fingerprint density at radius 1 is 1.03 bits per heavy atom. The molecule has 29 heavy (non-hydrogen) atoms. The van der Waals surface area contributed by atoms with Crippen LogP contribution in [0.2, 0.25) is 0 Å². The van der Waals surface area contributed by atoms with Gasteiger partial charge in [-0.05, 0) is 55.3 Å². The maximum absolute atomic E-state index is 12.9. The molecule has 1 aliphatic rings. The van der Waals surface area contributed by atoms with Gasteiger partial charge >= 0.3 is 11.9 Å². The van der Waals surface area contributed by atoms with Crippen molar-refractivity contribution in [1.29, 1.82) is 0 Å². The zero-order chi connectivity index (χ0) is 20.4. The van der Waals surface area contributed by atoms with E-state index in [9.17, 15) is 18.0 Å². The molecule has 1 aliphatic heterocycles. The van der Waals surface area contributed by atoms with Crippen molar-refractivity contribution in [3.63, 3.8) is 0 Å². The number of alkyl halides is 3. The zero-order valence-corrected chi connectivity index (χ0v) is 15.8. The van der Waals surface area contributed by atoms with E-state index in [0.717, 1.165) is 44.1 Å². The summed E-state index contributed by atoms with van der Waals surface area (Å²) in [7, 11) is 0. The molecule has 0 spiro atoms. The van der Waals surface area contributed by atoms with Crippen LogP contribution in [0.3, 0.4) is 0 Å². The van der Waals surface area contributed by atoms with E-state index in [1.807, 2.05) is 23.1 Å². The largest absolute Gasteiger partial charge is 0.417 e. The fraction of sp³-hybridized carbons (Fsp3) is 0.381. The quantitative estimate of drug-likeness (QED) is 0.700. The van der Waals surface area contributed by atoms with Gasteiger partial charge in [-0.15, -0.1) is 0 Å². The molecular formula is C21H22F3N3O2. The number of hydrogen-bond donors (Lipinski definition) is 1. The predicted molar refractivity (Wildman–Crippen MR) is 105 cm³/mol. The minimum atomic E-state index is -4.32. The van der Waals surface area contributed by atoms with Crippen LogP contribution in [-0.2, 0) is 12.6 Å². The number of halogens is 3. The number of oxazole rings is 1. The highest BCUT2D eigenvalue weighted by molar-refractivity contribution is 5.72. The summed E-state index contributed by atoms with van der Waals surface area (Å²) in [6.07, 6.45) is -2.48. The second-order valence-electron chi connectivity index (χ2n) is 7.33. The summed E-state index contributed by atoms with van der Waals surface area (Å²) in [6, 6.07) is 11.3. The molecular weight excluding hydrogens is 383 g/mol. The lowest BCUT2D eigenvalue weighted by Gasteiger charge is -2.36. The normalized spacial score (nSPS) is 15.9. The first-order valence-electron chi connectivity index (χ1n) is 9.65. The lowest BCUT2D eigenvalue weighted by molar-refractivity contribution is -0.137. The van der Waals surface area contributed by atoms with Gasteiger partial charge in [-0.3, -0.25) is 9.88 Å². The van der Waals surface area contributed by atoms with Gasteiger partial charge in [0.1, 0.15) is 0 Å². The Hall–Kier alpha value is -2.74. The van der Waals surface area contributed by atoms with Crippen molar-refractivity contribution < 1.29 is 17.6 Å². The van der Waals surface area contributed by atoms with Crippen LogP contribution in [-0.4, -0.2) is 42.6 Å². The number of anilines is 1. The highest BCUT2D eigenvalue weighted by Crippen LogP contribution is 2.31. The Morgan fingerprint density at radius 2 is 1.83 bits per heavy atom. The van der Waals surface area contributed by atoms with Crippen molar-refractivity contribution in [2.45, 2.75) is 19.0 Å². The Morgan fingerprint density at radius 3 is 2.59 bits per heavy atom. The van der Waals surface area contributed by atoms with Gasteiger partial charge < -0.3 is 9.32 Å². The van der Waals surface area contributed by atoms with Crippen LogP contribution in [0.15, 0.2) is 51.7 Å². The second-order valence-corrected chi connectivity index (χ2v) is 7.33. The standard InChI is InChI=1S/C21H22F3N3O2/c22-21(23,24)16-4-1-5-17(14-16)27-11-9-26(10-12-27)8-2-3-15-6-7-18-19(13-15)29-20(28)25-18/h1,4-7,13-14H,2-3,8-12H2,(H,25,28). The molecule has 0 unspecified atom stereocenters.